The van der Waals surface area contributed by atoms with Gasteiger partial charge >= 0.3 is 0 Å². The normalized spacial score (nSPS) is 23.3. The third-order valence-electron chi connectivity index (χ3n) is 4.38. The minimum atomic E-state index is 0. The van der Waals surface area contributed by atoms with E-state index in [9.17, 15) is 4.79 Å². The van der Waals surface area contributed by atoms with Gasteiger partial charge in [-0.25, -0.2) is 0 Å². The third kappa shape index (κ3) is 3.50. The van der Waals surface area contributed by atoms with Crippen LogP contribution in [0.1, 0.15) is 42.9 Å². The molecule has 116 valence electrons. The first-order valence-electron chi connectivity index (χ1n) is 7.46. The Hall–Kier alpha value is -1.26. The van der Waals surface area contributed by atoms with Crippen LogP contribution in [0.3, 0.4) is 0 Å². The van der Waals surface area contributed by atoms with Crippen LogP contribution in [-0.4, -0.2) is 25.6 Å². The van der Waals surface area contributed by atoms with E-state index < -0.39 is 0 Å². The van der Waals surface area contributed by atoms with Crippen molar-refractivity contribution in [2.45, 2.75) is 44.2 Å². The van der Waals surface area contributed by atoms with Crippen LogP contribution in [-0.2, 0) is 11.2 Å². The SMILES string of the molecule is COc1cccc2c1CCC2NC(=O)CC1CCCN1.Cl. The van der Waals surface area contributed by atoms with E-state index in [2.05, 4.69) is 16.7 Å². The van der Waals surface area contributed by atoms with Crippen molar-refractivity contribution in [3.63, 3.8) is 0 Å². The molecule has 1 fully saturated rings. The van der Waals surface area contributed by atoms with Crippen LogP contribution in [0.25, 0.3) is 0 Å². The Morgan fingerprint density at radius 1 is 1.43 bits per heavy atom. The van der Waals surface area contributed by atoms with Crippen LogP contribution in [0.4, 0.5) is 0 Å². The highest BCUT2D eigenvalue weighted by atomic mass is 35.5. The molecule has 3 rings (SSSR count). The van der Waals surface area contributed by atoms with E-state index in [-0.39, 0.29) is 24.4 Å². The van der Waals surface area contributed by atoms with Crippen molar-refractivity contribution in [3.05, 3.63) is 29.3 Å². The zero-order chi connectivity index (χ0) is 13.9. The number of nitrogens with one attached hydrogen (secondary N) is 2. The van der Waals surface area contributed by atoms with Crippen LogP contribution >= 0.6 is 12.4 Å². The van der Waals surface area contributed by atoms with Crippen LogP contribution in [0.5, 0.6) is 5.75 Å². The van der Waals surface area contributed by atoms with Gasteiger partial charge in [-0.3, -0.25) is 4.79 Å². The Balaban J connectivity index is 0.00000161. The summed E-state index contributed by atoms with van der Waals surface area (Å²) in [6, 6.07) is 6.60. The molecule has 1 aliphatic carbocycles. The van der Waals surface area contributed by atoms with Gasteiger partial charge in [0.2, 0.25) is 5.91 Å². The fraction of sp³-hybridized carbons (Fsp3) is 0.562. The van der Waals surface area contributed by atoms with Crippen molar-refractivity contribution in [1.29, 1.82) is 0 Å². The number of hydrogen-bond donors (Lipinski definition) is 2. The maximum Gasteiger partial charge on any atom is 0.222 e. The second-order valence-corrected chi connectivity index (χ2v) is 5.68. The Morgan fingerprint density at radius 2 is 2.29 bits per heavy atom. The first-order chi connectivity index (χ1) is 9.78. The molecular weight excluding hydrogens is 288 g/mol. The molecular formula is C16H23ClN2O2. The van der Waals surface area contributed by atoms with Crippen molar-refractivity contribution < 1.29 is 9.53 Å². The molecule has 2 unspecified atom stereocenters. The van der Waals surface area contributed by atoms with E-state index in [4.69, 9.17) is 4.74 Å². The van der Waals surface area contributed by atoms with Crippen molar-refractivity contribution in [2.24, 2.45) is 0 Å². The molecule has 1 heterocycles. The van der Waals surface area contributed by atoms with E-state index in [1.165, 1.54) is 17.5 Å². The Morgan fingerprint density at radius 3 is 3.00 bits per heavy atom. The largest absolute Gasteiger partial charge is 0.496 e. The fourth-order valence-corrected chi connectivity index (χ4v) is 3.37. The van der Waals surface area contributed by atoms with E-state index in [0.29, 0.717) is 12.5 Å². The second-order valence-electron chi connectivity index (χ2n) is 5.68. The monoisotopic (exact) mass is 310 g/mol. The lowest BCUT2D eigenvalue weighted by Crippen LogP contribution is -2.33. The zero-order valence-corrected chi connectivity index (χ0v) is 13.2. The molecule has 1 aromatic carbocycles. The van der Waals surface area contributed by atoms with Gasteiger partial charge in [-0.05, 0) is 49.4 Å². The minimum absolute atomic E-state index is 0. The summed E-state index contributed by atoms with van der Waals surface area (Å²) in [6.45, 7) is 1.04. The lowest BCUT2D eigenvalue weighted by molar-refractivity contribution is -0.122. The van der Waals surface area contributed by atoms with Crippen molar-refractivity contribution in [3.8, 4) is 5.75 Å². The standard InChI is InChI=1S/C16H22N2O2.ClH/c1-20-15-6-2-5-12-13(15)7-8-14(12)18-16(19)10-11-4-3-9-17-11;/h2,5-6,11,14,17H,3-4,7-10H2,1H3,(H,18,19);1H. The molecule has 0 spiro atoms. The Bertz CT molecular complexity index is 501. The number of fused-ring (bicyclic) bond motifs is 1. The number of hydrogen-bond acceptors (Lipinski definition) is 3. The van der Waals surface area contributed by atoms with E-state index >= 15 is 0 Å². The molecule has 1 amide bonds. The summed E-state index contributed by atoms with van der Waals surface area (Å²) < 4.78 is 5.40. The minimum Gasteiger partial charge on any atom is -0.496 e. The summed E-state index contributed by atoms with van der Waals surface area (Å²) in [5, 5.41) is 6.55. The van der Waals surface area contributed by atoms with Crippen molar-refractivity contribution in [1.82, 2.24) is 10.6 Å². The lowest BCUT2D eigenvalue weighted by Gasteiger charge is -2.16. The van der Waals surface area contributed by atoms with Crippen LogP contribution in [0.15, 0.2) is 18.2 Å². The molecule has 0 bridgehead atoms. The van der Waals surface area contributed by atoms with Gasteiger partial charge in [0.1, 0.15) is 5.75 Å². The summed E-state index contributed by atoms with van der Waals surface area (Å²) in [6.07, 6.45) is 4.84. The Labute approximate surface area is 132 Å². The first-order valence-corrected chi connectivity index (χ1v) is 7.46. The van der Waals surface area contributed by atoms with Gasteiger partial charge in [-0.15, -0.1) is 12.4 Å². The predicted molar refractivity (Wildman–Crippen MR) is 85.1 cm³/mol. The van der Waals surface area contributed by atoms with Crippen molar-refractivity contribution in [2.75, 3.05) is 13.7 Å². The first kappa shape index (κ1) is 16.1. The molecule has 1 saturated heterocycles. The van der Waals surface area contributed by atoms with E-state index in [1.54, 1.807) is 7.11 Å². The average molecular weight is 311 g/mol. The van der Waals surface area contributed by atoms with Crippen LogP contribution < -0.4 is 15.4 Å². The quantitative estimate of drug-likeness (QED) is 0.897. The van der Waals surface area contributed by atoms with Gasteiger partial charge < -0.3 is 15.4 Å². The maximum absolute atomic E-state index is 12.1. The molecule has 2 N–H and O–H groups in total. The van der Waals surface area contributed by atoms with Gasteiger partial charge in [0.05, 0.1) is 13.2 Å². The number of rotatable bonds is 4. The average Bonchev–Trinajstić information content (AvgIpc) is 3.09. The second kappa shape index (κ2) is 7.14. The third-order valence-corrected chi connectivity index (χ3v) is 4.38. The number of benzene rings is 1. The van der Waals surface area contributed by atoms with E-state index in [0.717, 1.165) is 31.6 Å². The highest BCUT2D eigenvalue weighted by molar-refractivity contribution is 5.85. The highest BCUT2D eigenvalue weighted by Crippen LogP contribution is 2.36. The molecule has 0 saturated carbocycles. The summed E-state index contributed by atoms with van der Waals surface area (Å²) in [7, 11) is 1.70. The molecule has 0 radical (unpaired) electrons. The molecule has 1 aliphatic heterocycles. The maximum atomic E-state index is 12.1. The molecule has 1 aromatic rings. The van der Waals surface area contributed by atoms with Gasteiger partial charge in [-0.2, -0.15) is 0 Å². The predicted octanol–water partition coefficient (Wildman–Crippen LogP) is 2.36. The number of amides is 1. The van der Waals surface area contributed by atoms with Gasteiger partial charge in [0.15, 0.2) is 0 Å². The van der Waals surface area contributed by atoms with Crippen LogP contribution in [0, 0.1) is 0 Å². The molecule has 2 atom stereocenters. The molecule has 0 aromatic heterocycles. The van der Waals surface area contributed by atoms with Crippen LogP contribution in [0.2, 0.25) is 0 Å². The number of methoxy groups -OCH3 is 1. The lowest BCUT2D eigenvalue weighted by atomic mass is 10.1. The van der Waals surface area contributed by atoms with Gasteiger partial charge in [-0.1, -0.05) is 12.1 Å². The highest BCUT2D eigenvalue weighted by Gasteiger charge is 2.27. The topological polar surface area (TPSA) is 50.4 Å². The summed E-state index contributed by atoms with van der Waals surface area (Å²) in [5.41, 5.74) is 2.47. The number of halogens is 1. The summed E-state index contributed by atoms with van der Waals surface area (Å²) >= 11 is 0. The van der Waals surface area contributed by atoms with Gasteiger partial charge in [0, 0.05) is 12.5 Å². The number of carbonyl (C=O) groups is 1. The molecule has 21 heavy (non-hydrogen) atoms. The summed E-state index contributed by atoms with van der Waals surface area (Å²) in [5.74, 6) is 1.10. The number of carbonyl (C=O) groups excluding carboxylic acids is 1. The zero-order valence-electron chi connectivity index (χ0n) is 12.4. The smallest absolute Gasteiger partial charge is 0.222 e. The fourth-order valence-electron chi connectivity index (χ4n) is 3.37. The Kier molecular flexibility index (Phi) is 5.48. The van der Waals surface area contributed by atoms with Gasteiger partial charge in [0.25, 0.3) is 0 Å². The summed E-state index contributed by atoms with van der Waals surface area (Å²) in [4.78, 5) is 12.1. The van der Waals surface area contributed by atoms with E-state index in [1.807, 2.05) is 12.1 Å². The van der Waals surface area contributed by atoms with Crippen molar-refractivity contribution >= 4 is 18.3 Å². The molecule has 4 nitrogen and oxygen atoms in total. The molecule has 5 heteroatoms. The number of ether oxygens (including phenoxy) is 1. The molecule has 2 aliphatic rings.